The minimum Gasteiger partial charge on any atom is -0.367 e. The zero-order valence-electron chi connectivity index (χ0n) is 13.6. The molecule has 1 aliphatic heterocycles. The van der Waals surface area contributed by atoms with E-state index in [0.29, 0.717) is 37.8 Å². The molecule has 0 spiro atoms. The third-order valence-corrected chi connectivity index (χ3v) is 4.14. The van der Waals surface area contributed by atoms with Crippen LogP contribution in [0.1, 0.15) is 16.8 Å². The van der Waals surface area contributed by atoms with Crippen molar-refractivity contribution in [3.05, 3.63) is 47.3 Å². The summed E-state index contributed by atoms with van der Waals surface area (Å²) in [6, 6.07) is 7.37. The van der Waals surface area contributed by atoms with Gasteiger partial charge >= 0.3 is 6.18 Å². The lowest BCUT2D eigenvalue weighted by Crippen LogP contribution is -2.47. The molecule has 0 unspecified atom stereocenters. The van der Waals surface area contributed by atoms with Crippen molar-refractivity contribution in [2.75, 3.05) is 36.0 Å². The van der Waals surface area contributed by atoms with Gasteiger partial charge < -0.3 is 9.80 Å². The van der Waals surface area contributed by atoms with Crippen LogP contribution in [0.2, 0.25) is 0 Å². The number of nitrogens with zero attached hydrogens (tertiary/aromatic N) is 5. The summed E-state index contributed by atoms with van der Waals surface area (Å²) in [5.74, 6) is 0.615. The summed E-state index contributed by atoms with van der Waals surface area (Å²) in [5.41, 5.74) is -0.0357. The summed E-state index contributed by atoms with van der Waals surface area (Å²) < 4.78 is 39.3. The van der Waals surface area contributed by atoms with E-state index in [1.807, 2.05) is 17.9 Å². The molecule has 1 fully saturated rings. The molecule has 2 aromatic rings. The number of rotatable bonds is 2. The number of nitriles is 1. The first-order valence-corrected chi connectivity index (χ1v) is 7.80. The first-order chi connectivity index (χ1) is 11.9. The van der Waals surface area contributed by atoms with Gasteiger partial charge in [0.15, 0.2) is 0 Å². The van der Waals surface area contributed by atoms with Crippen LogP contribution in [0.25, 0.3) is 0 Å². The predicted molar refractivity (Wildman–Crippen MR) is 87.4 cm³/mol. The fourth-order valence-corrected chi connectivity index (χ4v) is 2.89. The van der Waals surface area contributed by atoms with Crippen LogP contribution in [0.5, 0.6) is 0 Å². The summed E-state index contributed by atoms with van der Waals surface area (Å²) in [7, 11) is 0. The van der Waals surface area contributed by atoms with Gasteiger partial charge in [-0.15, -0.1) is 0 Å². The highest BCUT2D eigenvalue weighted by Crippen LogP contribution is 2.36. The Hall–Kier alpha value is -2.82. The van der Waals surface area contributed by atoms with Gasteiger partial charge in [0, 0.05) is 38.1 Å². The van der Waals surface area contributed by atoms with E-state index < -0.39 is 11.7 Å². The number of halogens is 3. The Balaban J connectivity index is 1.81. The smallest absolute Gasteiger partial charge is 0.367 e. The molecular formula is C17H16F3N5. The summed E-state index contributed by atoms with van der Waals surface area (Å²) in [5, 5.41) is 9.25. The zero-order chi connectivity index (χ0) is 18.0. The van der Waals surface area contributed by atoms with Gasteiger partial charge in [0.25, 0.3) is 0 Å². The van der Waals surface area contributed by atoms with E-state index in [4.69, 9.17) is 0 Å². The highest BCUT2D eigenvalue weighted by Gasteiger charge is 2.35. The van der Waals surface area contributed by atoms with Crippen LogP contribution in [-0.4, -0.2) is 36.1 Å². The molecule has 25 heavy (non-hydrogen) atoms. The average molecular weight is 347 g/mol. The van der Waals surface area contributed by atoms with E-state index in [1.165, 1.54) is 6.07 Å². The second-order valence-corrected chi connectivity index (χ2v) is 5.78. The number of piperazine rings is 1. The first-order valence-electron chi connectivity index (χ1n) is 7.80. The number of benzene rings is 1. The van der Waals surface area contributed by atoms with Crippen molar-refractivity contribution >= 4 is 11.6 Å². The Morgan fingerprint density at radius 2 is 1.76 bits per heavy atom. The predicted octanol–water partition coefficient (Wildman–Crippen LogP) is 3.00. The minimum atomic E-state index is -4.54. The fourth-order valence-electron chi connectivity index (χ4n) is 2.89. The van der Waals surface area contributed by atoms with Gasteiger partial charge in [-0.05, 0) is 25.1 Å². The summed E-state index contributed by atoms with van der Waals surface area (Å²) in [4.78, 5) is 12.4. The summed E-state index contributed by atoms with van der Waals surface area (Å²) >= 11 is 0. The maximum atomic E-state index is 13.1. The van der Waals surface area contributed by atoms with Crippen LogP contribution in [0.4, 0.5) is 24.8 Å². The van der Waals surface area contributed by atoms with Crippen molar-refractivity contribution in [1.82, 2.24) is 9.97 Å². The number of hydrogen-bond donors (Lipinski definition) is 0. The van der Waals surface area contributed by atoms with Crippen LogP contribution < -0.4 is 9.80 Å². The summed E-state index contributed by atoms with van der Waals surface area (Å²) in [6.45, 7) is 4.01. The topological polar surface area (TPSA) is 56.1 Å². The molecule has 2 heterocycles. The molecule has 1 aromatic carbocycles. The van der Waals surface area contributed by atoms with Crippen LogP contribution in [0.3, 0.4) is 0 Å². The van der Waals surface area contributed by atoms with E-state index in [1.54, 1.807) is 23.2 Å². The number of aryl methyl sites for hydroxylation is 1. The van der Waals surface area contributed by atoms with Gasteiger partial charge in [-0.25, -0.2) is 9.97 Å². The third kappa shape index (κ3) is 3.50. The van der Waals surface area contributed by atoms with Crippen molar-refractivity contribution in [3.63, 3.8) is 0 Å². The van der Waals surface area contributed by atoms with E-state index in [9.17, 15) is 18.4 Å². The largest absolute Gasteiger partial charge is 0.417 e. The Labute approximate surface area is 143 Å². The fraction of sp³-hybridized carbons (Fsp3) is 0.353. The van der Waals surface area contributed by atoms with Gasteiger partial charge in [-0.2, -0.15) is 18.4 Å². The third-order valence-electron chi connectivity index (χ3n) is 4.14. The van der Waals surface area contributed by atoms with Gasteiger partial charge in [0.2, 0.25) is 5.95 Å². The van der Waals surface area contributed by atoms with Crippen LogP contribution in [-0.2, 0) is 6.18 Å². The molecule has 0 radical (unpaired) electrons. The molecule has 130 valence electrons. The van der Waals surface area contributed by atoms with E-state index >= 15 is 0 Å². The van der Waals surface area contributed by atoms with Crippen molar-refractivity contribution in [1.29, 1.82) is 5.26 Å². The second kappa shape index (κ2) is 6.59. The second-order valence-electron chi connectivity index (χ2n) is 5.78. The minimum absolute atomic E-state index is 0.321. The van der Waals surface area contributed by atoms with Gasteiger partial charge in [0.05, 0.1) is 16.8 Å². The maximum absolute atomic E-state index is 13.1. The van der Waals surface area contributed by atoms with Gasteiger partial charge in [-0.3, -0.25) is 0 Å². The van der Waals surface area contributed by atoms with E-state index in [-0.39, 0.29) is 5.56 Å². The Kier molecular flexibility index (Phi) is 4.49. The molecule has 0 atom stereocenters. The number of alkyl halides is 3. The van der Waals surface area contributed by atoms with Crippen molar-refractivity contribution < 1.29 is 13.2 Å². The van der Waals surface area contributed by atoms with Gasteiger partial charge in [-0.1, -0.05) is 6.07 Å². The molecule has 1 aliphatic rings. The molecule has 1 saturated heterocycles. The number of aromatic nitrogens is 2. The molecule has 5 nitrogen and oxygen atoms in total. The lowest BCUT2D eigenvalue weighted by Gasteiger charge is -2.36. The standard InChI is InChI=1S/C17H16F3N5/c1-12-5-6-22-16(23-12)25-9-7-24(8-10-25)15-4-2-3-14(13(15)11-21)17(18,19)20/h2-6H,7-10H2,1H3. The lowest BCUT2D eigenvalue weighted by atomic mass is 10.0. The van der Waals surface area contributed by atoms with Crippen LogP contribution in [0, 0.1) is 18.3 Å². The summed E-state index contributed by atoms with van der Waals surface area (Å²) in [6.07, 6.45) is -2.86. The first kappa shape index (κ1) is 17.0. The van der Waals surface area contributed by atoms with Crippen LogP contribution in [0.15, 0.2) is 30.5 Å². The highest BCUT2D eigenvalue weighted by atomic mass is 19.4. The molecular weight excluding hydrogens is 331 g/mol. The Morgan fingerprint density at radius 1 is 1.08 bits per heavy atom. The van der Waals surface area contributed by atoms with Crippen molar-refractivity contribution in [2.45, 2.75) is 13.1 Å². The monoisotopic (exact) mass is 347 g/mol. The normalized spacial score (nSPS) is 15.2. The molecule has 3 rings (SSSR count). The lowest BCUT2D eigenvalue weighted by molar-refractivity contribution is -0.137. The molecule has 8 heteroatoms. The molecule has 0 bridgehead atoms. The van der Waals surface area contributed by atoms with Crippen LogP contribution >= 0.6 is 0 Å². The quantitative estimate of drug-likeness (QED) is 0.836. The average Bonchev–Trinajstić information content (AvgIpc) is 2.60. The number of anilines is 2. The van der Waals surface area contributed by atoms with Crippen molar-refractivity contribution in [2.24, 2.45) is 0 Å². The maximum Gasteiger partial charge on any atom is 0.417 e. The Morgan fingerprint density at radius 3 is 2.36 bits per heavy atom. The molecule has 1 aromatic heterocycles. The molecule has 0 N–H and O–H groups in total. The highest BCUT2D eigenvalue weighted by molar-refractivity contribution is 5.64. The SMILES string of the molecule is Cc1ccnc(N2CCN(c3cccc(C(F)(F)F)c3C#N)CC2)n1. The zero-order valence-corrected chi connectivity index (χ0v) is 13.6. The Bertz CT molecular complexity index is 805. The molecule has 0 aliphatic carbocycles. The molecule has 0 amide bonds. The van der Waals surface area contributed by atoms with E-state index in [2.05, 4.69) is 9.97 Å². The van der Waals surface area contributed by atoms with Crippen molar-refractivity contribution in [3.8, 4) is 6.07 Å². The number of hydrogen-bond acceptors (Lipinski definition) is 5. The van der Waals surface area contributed by atoms with E-state index in [0.717, 1.165) is 11.8 Å². The van der Waals surface area contributed by atoms with Gasteiger partial charge in [0.1, 0.15) is 6.07 Å². The molecule has 0 saturated carbocycles.